The van der Waals surface area contributed by atoms with E-state index < -0.39 is 10.0 Å². The maximum Gasteiger partial charge on any atom is 0.242 e. The zero-order valence-corrected chi connectivity index (χ0v) is 12.8. The van der Waals surface area contributed by atoms with E-state index in [-0.39, 0.29) is 15.7 Å². The molecule has 1 fully saturated rings. The second kappa shape index (κ2) is 4.33. The SMILES string of the molecule is CC1(C)C(CNS(=O)(=O)c2c[nH]c(CN)c2)C1(C)C. The zero-order chi connectivity index (χ0) is 14.5. The van der Waals surface area contributed by atoms with E-state index in [9.17, 15) is 8.42 Å². The summed E-state index contributed by atoms with van der Waals surface area (Å²) in [7, 11) is -3.44. The molecule has 2 rings (SSSR count). The Balaban J connectivity index is 2.04. The fraction of sp³-hybridized carbons (Fsp3) is 0.692. The molecular formula is C13H23N3O2S. The first kappa shape index (κ1) is 14.6. The Hall–Kier alpha value is -0.850. The van der Waals surface area contributed by atoms with Gasteiger partial charge in [-0.15, -0.1) is 0 Å². The molecule has 6 heteroatoms. The summed E-state index contributed by atoms with van der Waals surface area (Å²) in [6, 6.07) is 1.57. The van der Waals surface area contributed by atoms with Crippen molar-refractivity contribution in [2.24, 2.45) is 22.5 Å². The Bertz CT molecular complexity index is 558. The number of sulfonamides is 1. The molecule has 1 aromatic rings. The quantitative estimate of drug-likeness (QED) is 0.765. The lowest BCUT2D eigenvalue weighted by Gasteiger charge is -2.06. The standard InChI is InChI=1S/C13H23N3O2S/c1-12(2)11(13(12,3)4)8-16-19(17,18)10-5-9(6-14)15-7-10/h5,7,11,15-16H,6,8,14H2,1-4H3. The highest BCUT2D eigenvalue weighted by Crippen LogP contribution is 2.67. The van der Waals surface area contributed by atoms with Crippen molar-refractivity contribution >= 4 is 10.0 Å². The van der Waals surface area contributed by atoms with Crippen LogP contribution in [0.2, 0.25) is 0 Å². The van der Waals surface area contributed by atoms with Gasteiger partial charge in [-0.3, -0.25) is 0 Å². The first-order valence-electron chi connectivity index (χ1n) is 6.50. The van der Waals surface area contributed by atoms with Crippen LogP contribution in [0.5, 0.6) is 0 Å². The Kier molecular flexibility index (Phi) is 3.32. The van der Waals surface area contributed by atoms with Gasteiger partial charge in [-0.25, -0.2) is 13.1 Å². The number of aromatic nitrogens is 1. The van der Waals surface area contributed by atoms with Gasteiger partial charge in [0.1, 0.15) is 0 Å². The Labute approximate surface area is 115 Å². The normalized spacial score (nSPS) is 21.5. The highest BCUT2D eigenvalue weighted by molar-refractivity contribution is 7.89. The highest BCUT2D eigenvalue weighted by atomic mass is 32.2. The molecule has 4 N–H and O–H groups in total. The summed E-state index contributed by atoms with van der Waals surface area (Å²) in [6.45, 7) is 9.48. The number of rotatable bonds is 5. The second-order valence-corrected chi connectivity index (χ2v) is 8.18. The van der Waals surface area contributed by atoms with E-state index in [0.29, 0.717) is 24.7 Å². The van der Waals surface area contributed by atoms with Gasteiger partial charge in [0.15, 0.2) is 0 Å². The molecule has 5 nitrogen and oxygen atoms in total. The van der Waals surface area contributed by atoms with Crippen LogP contribution in [-0.4, -0.2) is 19.9 Å². The maximum atomic E-state index is 12.1. The molecular weight excluding hydrogens is 262 g/mol. The van der Waals surface area contributed by atoms with Gasteiger partial charge >= 0.3 is 0 Å². The number of nitrogens with one attached hydrogen (secondary N) is 2. The molecule has 1 saturated carbocycles. The van der Waals surface area contributed by atoms with Crippen LogP contribution in [0.25, 0.3) is 0 Å². The third-order valence-electron chi connectivity index (χ3n) is 5.04. The van der Waals surface area contributed by atoms with Gasteiger partial charge in [0, 0.05) is 25.0 Å². The van der Waals surface area contributed by atoms with Crippen molar-refractivity contribution in [1.29, 1.82) is 0 Å². The summed E-state index contributed by atoms with van der Waals surface area (Å²) in [5.74, 6) is 0.364. The lowest BCUT2D eigenvalue weighted by atomic mass is 10.0. The third-order valence-corrected chi connectivity index (χ3v) is 6.45. The van der Waals surface area contributed by atoms with Crippen LogP contribution < -0.4 is 10.5 Å². The van der Waals surface area contributed by atoms with E-state index in [1.165, 1.54) is 6.20 Å². The van der Waals surface area contributed by atoms with Gasteiger partial charge < -0.3 is 10.7 Å². The van der Waals surface area contributed by atoms with Crippen molar-refractivity contribution in [2.45, 2.75) is 39.1 Å². The smallest absolute Gasteiger partial charge is 0.242 e. The third kappa shape index (κ3) is 2.32. The predicted molar refractivity (Wildman–Crippen MR) is 74.9 cm³/mol. The molecule has 0 aromatic carbocycles. The van der Waals surface area contributed by atoms with Gasteiger partial charge in [-0.1, -0.05) is 27.7 Å². The zero-order valence-electron chi connectivity index (χ0n) is 11.9. The summed E-state index contributed by atoms with van der Waals surface area (Å²) in [5, 5.41) is 0. The predicted octanol–water partition coefficient (Wildman–Crippen LogP) is 1.43. The topological polar surface area (TPSA) is 88.0 Å². The average Bonchev–Trinajstić information content (AvgIpc) is 2.72. The summed E-state index contributed by atoms with van der Waals surface area (Å²) < 4.78 is 27.0. The Morgan fingerprint density at radius 2 is 1.89 bits per heavy atom. The van der Waals surface area contributed by atoms with Crippen LogP contribution in [0.3, 0.4) is 0 Å². The Morgan fingerprint density at radius 1 is 1.32 bits per heavy atom. The number of nitrogens with two attached hydrogens (primary N) is 1. The number of H-pyrrole nitrogens is 1. The van der Waals surface area contributed by atoms with Crippen LogP contribution >= 0.6 is 0 Å². The van der Waals surface area contributed by atoms with Crippen LogP contribution in [0.15, 0.2) is 17.2 Å². The molecule has 0 radical (unpaired) electrons. The van der Waals surface area contributed by atoms with Crippen LogP contribution in [0.4, 0.5) is 0 Å². The summed E-state index contributed by atoms with van der Waals surface area (Å²) >= 11 is 0. The summed E-state index contributed by atoms with van der Waals surface area (Å²) in [4.78, 5) is 3.11. The molecule has 1 aromatic heterocycles. The van der Waals surface area contributed by atoms with E-state index in [2.05, 4.69) is 37.4 Å². The molecule has 0 bridgehead atoms. The van der Waals surface area contributed by atoms with Crippen LogP contribution in [-0.2, 0) is 16.6 Å². The molecule has 1 heterocycles. The second-order valence-electron chi connectivity index (χ2n) is 6.41. The van der Waals surface area contributed by atoms with E-state index in [1.807, 2.05) is 0 Å². The molecule has 0 spiro atoms. The van der Waals surface area contributed by atoms with Gasteiger partial charge in [0.25, 0.3) is 0 Å². The lowest BCUT2D eigenvalue weighted by molar-refractivity contribution is 0.457. The maximum absolute atomic E-state index is 12.1. The monoisotopic (exact) mass is 285 g/mol. The van der Waals surface area contributed by atoms with Gasteiger partial charge in [-0.2, -0.15) is 0 Å². The van der Waals surface area contributed by atoms with Gasteiger partial charge in [0.2, 0.25) is 10.0 Å². The molecule has 19 heavy (non-hydrogen) atoms. The fourth-order valence-electron chi connectivity index (χ4n) is 2.81. The first-order valence-corrected chi connectivity index (χ1v) is 7.98. The molecule has 0 saturated heterocycles. The molecule has 0 amide bonds. The first-order chi connectivity index (χ1) is 8.63. The molecule has 1 aliphatic carbocycles. The van der Waals surface area contributed by atoms with E-state index in [1.54, 1.807) is 6.07 Å². The molecule has 108 valence electrons. The van der Waals surface area contributed by atoms with Crippen LogP contribution in [0, 0.1) is 16.7 Å². The molecule has 0 atom stereocenters. The summed E-state index contributed by atoms with van der Waals surface area (Å²) in [6.07, 6.45) is 1.48. The number of aromatic amines is 1. The minimum Gasteiger partial charge on any atom is -0.363 e. The molecule has 0 unspecified atom stereocenters. The van der Waals surface area contributed by atoms with Crippen molar-refractivity contribution in [3.05, 3.63) is 18.0 Å². The van der Waals surface area contributed by atoms with Crippen molar-refractivity contribution in [3.8, 4) is 0 Å². The van der Waals surface area contributed by atoms with Crippen molar-refractivity contribution in [3.63, 3.8) is 0 Å². The highest BCUT2D eigenvalue weighted by Gasteiger charge is 2.64. The van der Waals surface area contributed by atoms with E-state index >= 15 is 0 Å². The number of hydrogen-bond acceptors (Lipinski definition) is 3. The lowest BCUT2D eigenvalue weighted by Crippen LogP contribution is -2.27. The fourth-order valence-corrected chi connectivity index (χ4v) is 3.88. The van der Waals surface area contributed by atoms with E-state index in [0.717, 1.165) is 0 Å². The van der Waals surface area contributed by atoms with E-state index in [4.69, 9.17) is 5.73 Å². The number of hydrogen-bond donors (Lipinski definition) is 3. The van der Waals surface area contributed by atoms with Gasteiger partial charge in [0.05, 0.1) is 4.90 Å². The Morgan fingerprint density at radius 3 is 2.32 bits per heavy atom. The van der Waals surface area contributed by atoms with Crippen molar-refractivity contribution in [2.75, 3.05) is 6.54 Å². The van der Waals surface area contributed by atoms with Crippen molar-refractivity contribution in [1.82, 2.24) is 9.71 Å². The van der Waals surface area contributed by atoms with Crippen molar-refractivity contribution < 1.29 is 8.42 Å². The summed E-state index contributed by atoms with van der Waals surface area (Å²) in [5.41, 5.74) is 6.53. The molecule has 0 aliphatic heterocycles. The minimum absolute atomic E-state index is 0.177. The minimum atomic E-state index is -3.44. The largest absolute Gasteiger partial charge is 0.363 e. The average molecular weight is 285 g/mol. The molecule has 1 aliphatic rings. The van der Waals surface area contributed by atoms with Crippen LogP contribution in [0.1, 0.15) is 33.4 Å². The van der Waals surface area contributed by atoms with Gasteiger partial charge in [-0.05, 0) is 22.8 Å².